The number of thiophene rings is 1. The normalized spacial score (nSPS) is 24.4. The summed E-state index contributed by atoms with van der Waals surface area (Å²) in [6.45, 7) is 7.70. The molecule has 1 aliphatic carbocycles. The molecule has 3 heteroatoms. The predicted molar refractivity (Wildman–Crippen MR) is 87.3 cm³/mol. The molecule has 2 aliphatic rings. The van der Waals surface area contributed by atoms with E-state index < -0.39 is 0 Å². The lowest BCUT2D eigenvalue weighted by Crippen LogP contribution is -2.43. The van der Waals surface area contributed by atoms with Crippen LogP contribution in [-0.2, 0) is 0 Å². The number of hydrogen-bond acceptors (Lipinski definition) is 3. The Morgan fingerprint density at radius 3 is 2.35 bits per heavy atom. The lowest BCUT2D eigenvalue weighted by atomic mass is 9.76. The number of nitrogens with two attached hydrogens (primary N) is 1. The summed E-state index contributed by atoms with van der Waals surface area (Å²) < 4.78 is 0. The van der Waals surface area contributed by atoms with E-state index in [0.29, 0.717) is 11.5 Å². The lowest BCUT2D eigenvalue weighted by Gasteiger charge is -2.42. The maximum atomic E-state index is 6.12. The first-order valence-corrected chi connectivity index (χ1v) is 8.96. The van der Waals surface area contributed by atoms with Crippen LogP contribution in [0.2, 0.25) is 0 Å². The van der Waals surface area contributed by atoms with Crippen molar-refractivity contribution in [3.8, 4) is 0 Å². The topological polar surface area (TPSA) is 29.3 Å². The summed E-state index contributed by atoms with van der Waals surface area (Å²) in [5, 5.41) is 0. The smallest absolute Gasteiger partial charge is 0.0481 e. The first-order chi connectivity index (χ1) is 9.63. The largest absolute Gasteiger partial charge is 0.329 e. The zero-order chi connectivity index (χ0) is 14.2. The molecule has 1 saturated heterocycles. The first-order valence-electron chi connectivity index (χ1n) is 8.15. The third-order valence-electron chi connectivity index (χ3n) is 5.63. The van der Waals surface area contributed by atoms with Crippen molar-refractivity contribution in [1.82, 2.24) is 4.90 Å². The summed E-state index contributed by atoms with van der Waals surface area (Å²) in [7, 11) is 0. The number of hydrogen-bond donors (Lipinski definition) is 1. The molecule has 2 N–H and O–H groups in total. The van der Waals surface area contributed by atoms with Crippen LogP contribution in [0.5, 0.6) is 0 Å². The molecule has 1 saturated carbocycles. The molecule has 1 spiro atoms. The average Bonchev–Trinajstić information content (AvgIpc) is 3.01. The second-order valence-corrected chi connectivity index (χ2v) is 8.32. The molecule has 112 valence electrons. The fraction of sp³-hybridized carbons (Fsp3) is 0.765. The van der Waals surface area contributed by atoms with Crippen LogP contribution in [-0.4, -0.2) is 24.5 Å². The Balaban J connectivity index is 1.70. The van der Waals surface area contributed by atoms with Gasteiger partial charge in [-0.1, -0.05) is 12.8 Å². The Kier molecular flexibility index (Phi) is 4.21. The van der Waals surface area contributed by atoms with Gasteiger partial charge in [-0.05, 0) is 69.7 Å². The van der Waals surface area contributed by atoms with Gasteiger partial charge in [0.05, 0.1) is 0 Å². The van der Waals surface area contributed by atoms with Gasteiger partial charge in [0.15, 0.2) is 0 Å². The molecule has 0 amide bonds. The van der Waals surface area contributed by atoms with Gasteiger partial charge < -0.3 is 5.73 Å². The van der Waals surface area contributed by atoms with Crippen molar-refractivity contribution in [2.45, 2.75) is 58.4 Å². The summed E-state index contributed by atoms with van der Waals surface area (Å²) in [5.74, 6) is 0. The van der Waals surface area contributed by atoms with Crippen molar-refractivity contribution in [2.24, 2.45) is 11.1 Å². The minimum absolute atomic E-state index is 0.443. The molecule has 2 nitrogen and oxygen atoms in total. The molecule has 0 aromatic carbocycles. The van der Waals surface area contributed by atoms with Crippen LogP contribution in [0.25, 0.3) is 0 Å². The monoisotopic (exact) mass is 292 g/mol. The van der Waals surface area contributed by atoms with Gasteiger partial charge in [-0.2, -0.15) is 0 Å². The van der Waals surface area contributed by atoms with Crippen LogP contribution in [0.1, 0.15) is 59.9 Å². The second-order valence-electron chi connectivity index (χ2n) is 6.86. The van der Waals surface area contributed by atoms with Crippen LogP contribution < -0.4 is 5.73 Å². The Morgan fingerprint density at radius 1 is 1.20 bits per heavy atom. The highest BCUT2D eigenvalue weighted by atomic mass is 32.1. The molecule has 1 aromatic heterocycles. The third kappa shape index (κ3) is 2.68. The van der Waals surface area contributed by atoms with Gasteiger partial charge in [0.25, 0.3) is 0 Å². The van der Waals surface area contributed by atoms with Crippen molar-refractivity contribution in [3.63, 3.8) is 0 Å². The number of piperidine rings is 1. The molecule has 1 unspecified atom stereocenters. The number of rotatable bonds is 3. The van der Waals surface area contributed by atoms with Crippen molar-refractivity contribution >= 4 is 11.3 Å². The molecule has 2 heterocycles. The average molecular weight is 292 g/mol. The van der Waals surface area contributed by atoms with Crippen LogP contribution in [0.3, 0.4) is 0 Å². The summed E-state index contributed by atoms with van der Waals surface area (Å²) in [4.78, 5) is 5.53. The fourth-order valence-electron chi connectivity index (χ4n) is 4.39. The van der Waals surface area contributed by atoms with E-state index in [0.717, 1.165) is 6.54 Å². The molecule has 1 atom stereocenters. The van der Waals surface area contributed by atoms with Gasteiger partial charge in [-0.15, -0.1) is 11.3 Å². The molecule has 0 radical (unpaired) electrons. The Morgan fingerprint density at radius 2 is 1.85 bits per heavy atom. The summed E-state index contributed by atoms with van der Waals surface area (Å²) in [6, 6.07) is 2.80. The number of nitrogens with zero attached hydrogens (tertiary/aromatic N) is 1. The van der Waals surface area contributed by atoms with E-state index >= 15 is 0 Å². The van der Waals surface area contributed by atoms with Crippen molar-refractivity contribution in [3.05, 3.63) is 21.4 Å². The van der Waals surface area contributed by atoms with Crippen LogP contribution in [0, 0.1) is 19.3 Å². The van der Waals surface area contributed by atoms with E-state index in [4.69, 9.17) is 5.73 Å². The molecular formula is C17H28N2S. The van der Waals surface area contributed by atoms with Crippen LogP contribution >= 0.6 is 11.3 Å². The second kappa shape index (κ2) is 5.78. The Bertz CT molecular complexity index is 450. The van der Waals surface area contributed by atoms with Crippen molar-refractivity contribution in [1.29, 1.82) is 0 Å². The predicted octanol–water partition coefficient (Wildman–Crippen LogP) is 4.02. The molecule has 20 heavy (non-hydrogen) atoms. The fourth-order valence-corrected chi connectivity index (χ4v) is 5.37. The highest BCUT2D eigenvalue weighted by molar-refractivity contribution is 7.12. The zero-order valence-electron chi connectivity index (χ0n) is 13.0. The molecule has 0 bridgehead atoms. The quantitative estimate of drug-likeness (QED) is 0.911. The zero-order valence-corrected chi connectivity index (χ0v) is 13.8. The summed E-state index contributed by atoms with van der Waals surface area (Å²) in [5.41, 5.74) is 8.31. The standard InChI is InChI=1S/C17H28N2S/c1-13-11-15(14(2)20-13)16(12-18)19-9-7-17(8-10-19)5-3-4-6-17/h11,16H,3-10,12,18H2,1-2H3. The maximum Gasteiger partial charge on any atom is 0.0481 e. The highest BCUT2D eigenvalue weighted by Gasteiger charge is 2.38. The van der Waals surface area contributed by atoms with Crippen molar-refractivity contribution < 1.29 is 0 Å². The van der Waals surface area contributed by atoms with E-state index in [1.807, 2.05) is 11.3 Å². The molecular weight excluding hydrogens is 264 g/mol. The maximum absolute atomic E-state index is 6.12. The van der Waals surface area contributed by atoms with Gasteiger partial charge in [0.2, 0.25) is 0 Å². The van der Waals surface area contributed by atoms with Gasteiger partial charge >= 0.3 is 0 Å². The van der Waals surface area contributed by atoms with E-state index in [1.165, 1.54) is 66.9 Å². The number of aryl methyl sites for hydroxylation is 2. The first kappa shape index (κ1) is 14.6. The van der Waals surface area contributed by atoms with Gasteiger partial charge in [-0.25, -0.2) is 0 Å². The van der Waals surface area contributed by atoms with Crippen LogP contribution in [0.15, 0.2) is 6.07 Å². The van der Waals surface area contributed by atoms with E-state index in [-0.39, 0.29) is 0 Å². The van der Waals surface area contributed by atoms with Gasteiger partial charge in [-0.3, -0.25) is 4.90 Å². The van der Waals surface area contributed by atoms with Crippen LogP contribution in [0.4, 0.5) is 0 Å². The summed E-state index contributed by atoms with van der Waals surface area (Å²) in [6.07, 6.45) is 8.67. The van der Waals surface area contributed by atoms with Crippen molar-refractivity contribution in [2.75, 3.05) is 19.6 Å². The highest BCUT2D eigenvalue weighted by Crippen LogP contribution is 2.47. The molecule has 1 aromatic rings. The molecule has 1 aliphatic heterocycles. The lowest BCUT2D eigenvalue weighted by molar-refractivity contribution is 0.0780. The summed E-state index contributed by atoms with van der Waals surface area (Å²) >= 11 is 1.91. The minimum Gasteiger partial charge on any atom is -0.329 e. The van der Waals surface area contributed by atoms with Gasteiger partial charge in [0, 0.05) is 22.3 Å². The van der Waals surface area contributed by atoms with E-state index in [2.05, 4.69) is 24.8 Å². The minimum atomic E-state index is 0.443. The van der Waals surface area contributed by atoms with E-state index in [1.54, 1.807) is 0 Å². The third-order valence-corrected chi connectivity index (χ3v) is 6.61. The van der Waals surface area contributed by atoms with E-state index in [9.17, 15) is 0 Å². The Hall–Kier alpha value is -0.380. The Labute approximate surface area is 127 Å². The number of likely N-dealkylation sites (tertiary alicyclic amines) is 1. The SMILES string of the molecule is Cc1cc(C(CN)N2CCC3(CCCC3)CC2)c(C)s1. The van der Waals surface area contributed by atoms with Gasteiger partial charge in [0.1, 0.15) is 0 Å². The molecule has 3 rings (SSSR count). The molecule has 2 fully saturated rings.